The second kappa shape index (κ2) is 8.33. The van der Waals surface area contributed by atoms with Gasteiger partial charge in [-0.25, -0.2) is 9.50 Å². The minimum Gasteiger partial charge on any atom is -0.497 e. The zero-order valence-corrected chi connectivity index (χ0v) is 16.9. The number of nitrogens with one attached hydrogen (secondary N) is 2. The minimum atomic E-state index is -0.326. The predicted octanol–water partition coefficient (Wildman–Crippen LogP) is 2.43. The van der Waals surface area contributed by atoms with Crippen LogP contribution in [0.4, 0.5) is 5.69 Å². The third kappa shape index (κ3) is 4.01. The molecule has 0 saturated carbocycles. The van der Waals surface area contributed by atoms with E-state index in [4.69, 9.17) is 13.9 Å². The highest BCUT2D eigenvalue weighted by Gasteiger charge is 2.15. The Bertz CT molecular complexity index is 1250. The van der Waals surface area contributed by atoms with Crippen molar-refractivity contribution in [2.24, 2.45) is 0 Å². The molecule has 2 N–H and O–H groups in total. The second-order valence-electron chi connectivity index (χ2n) is 6.02. The number of fused-ring (bicyclic) bond motifs is 1. The van der Waals surface area contributed by atoms with Crippen molar-refractivity contribution in [2.75, 3.05) is 25.3 Å². The fraction of sp³-hybridized carbons (Fsp3) is 0.158. The van der Waals surface area contributed by atoms with E-state index < -0.39 is 0 Å². The van der Waals surface area contributed by atoms with Gasteiger partial charge in [-0.15, -0.1) is 0 Å². The number of thioether (sulfide) groups is 1. The summed E-state index contributed by atoms with van der Waals surface area (Å²) in [6.07, 6.45) is 1.51. The van der Waals surface area contributed by atoms with Crippen LogP contribution in [-0.2, 0) is 4.79 Å². The molecule has 0 aliphatic heterocycles. The second-order valence-corrected chi connectivity index (χ2v) is 6.97. The Morgan fingerprint density at radius 1 is 1.23 bits per heavy atom. The van der Waals surface area contributed by atoms with Crippen molar-refractivity contribution in [3.8, 4) is 23.1 Å². The Balaban J connectivity index is 1.56. The molecule has 30 heavy (non-hydrogen) atoms. The maximum absolute atomic E-state index is 12.5. The van der Waals surface area contributed by atoms with E-state index in [-0.39, 0.29) is 17.2 Å². The zero-order valence-electron chi connectivity index (χ0n) is 16.0. The number of amides is 1. The van der Waals surface area contributed by atoms with Crippen LogP contribution in [0.2, 0.25) is 0 Å². The number of hydrogen-bond acceptors (Lipinski definition) is 8. The van der Waals surface area contributed by atoms with Crippen molar-refractivity contribution in [1.82, 2.24) is 19.6 Å². The standard InChI is InChI=1S/C19H17N5O5S/c1-27-11-5-6-13(28-2)12(8-11)20-17(26)10-30-19-22-18(14-4-3-7-29-14)21-15-9-16(25)23-24(15)19/h3-9H,10H2,1-2H3,(H,20,26)(H,23,25). The molecule has 4 rings (SSSR count). The SMILES string of the molecule is COc1ccc(OC)c(NC(=O)CSc2nc(-c3ccco3)nc3cc(=O)[nH]n23)c1. The molecule has 154 valence electrons. The van der Waals surface area contributed by atoms with Gasteiger partial charge in [0.2, 0.25) is 5.91 Å². The van der Waals surface area contributed by atoms with Crippen molar-refractivity contribution in [2.45, 2.75) is 5.16 Å². The normalized spacial score (nSPS) is 10.9. The molecule has 0 saturated heterocycles. The average molecular weight is 427 g/mol. The molecule has 1 amide bonds. The van der Waals surface area contributed by atoms with Gasteiger partial charge in [0.1, 0.15) is 11.5 Å². The predicted molar refractivity (Wildman–Crippen MR) is 110 cm³/mol. The molecule has 0 atom stereocenters. The van der Waals surface area contributed by atoms with Gasteiger partial charge < -0.3 is 19.2 Å². The van der Waals surface area contributed by atoms with Crippen LogP contribution in [-0.4, -0.2) is 45.5 Å². The van der Waals surface area contributed by atoms with E-state index in [1.807, 2.05) is 0 Å². The van der Waals surface area contributed by atoms with Crippen molar-refractivity contribution in [3.05, 3.63) is 53.0 Å². The molecule has 3 aromatic heterocycles. The van der Waals surface area contributed by atoms with Crippen LogP contribution in [0, 0.1) is 0 Å². The number of H-pyrrole nitrogens is 1. The van der Waals surface area contributed by atoms with Gasteiger partial charge in [-0.2, -0.15) is 4.98 Å². The van der Waals surface area contributed by atoms with E-state index in [0.717, 1.165) is 11.8 Å². The fourth-order valence-corrected chi connectivity index (χ4v) is 3.48. The van der Waals surface area contributed by atoms with Gasteiger partial charge in [0.15, 0.2) is 22.4 Å². The highest BCUT2D eigenvalue weighted by Crippen LogP contribution is 2.29. The van der Waals surface area contributed by atoms with Crippen molar-refractivity contribution < 1.29 is 18.7 Å². The number of methoxy groups -OCH3 is 2. The summed E-state index contributed by atoms with van der Waals surface area (Å²) in [5.41, 5.74) is 0.535. The summed E-state index contributed by atoms with van der Waals surface area (Å²) in [5, 5.41) is 5.81. The lowest BCUT2D eigenvalue weighted by molar-refractivity contribution is -0.113. The summed E-state index contributed by atoms with van der Waals surface area (Å²) in [5.74, 6) is 1.62. The van der Waals surface area contributed by atoms with Crippen LogP contribution >= 0.6 is 11.8 Å². The molecule has 0 unspecified atom stereocenters. The summed E-state index contributed by atoms with van der Waals surface area (Å²) < 4.78 is 17.2. The number of hydrogen-bond donors (Lipinski definition) is 2. The monoisotopic (exact) mass is 427 g/mol. The number of carbonyl (C=O) groups is 1. The molecule has 0 fully saturated rings. The Morgan fingerprint density at radius 2 is 2.10 bits per heavy atom. The number of aromatic amines is 1. The third-order valence-corrected chi connectivity index (χ3v) is 5.02. The molecule has 11 heteroatoms. The van der Waals surface area contributed by atoms with E-state index in [1.54, 1.807) is 30.3 Å². The van der Waals surface area contributed by atoms with Crippen LogP contribution in [0.15, 0.2) is 57.0 Å². The topological polar surface area (TPSA) is 124 Å². The maximum atomic E-state index is 12.5. The Kier molecular flexibility index (Phi) is 5.44. The molecular formula is C19H17N5O5S. The summed E-state index contributed by atoms with van der Waals surface area (Å²) in [6.45, 7) is 0. The first kappa shape index (κ1) is 19.6. The van der Waals surface area contributed by atoms with Gasteiger partial charge in [-0.05, 0) is 24.3 Å². The highest BCUT2D eigenvalue weighted by molar-refractivity contribution is 7.99. The highest BCUT2D eigenvalue weighted by atomic mass is 32.2. The van der Waals surface area contributed by atoms with Crippen LogP contribution in [0.5, 0.6) is 11.5 Å². The number of carbonyl (C=O) groups excluding carboxylic acids is 1. The van der Waals surface area contributed by atoms with E-state index in [2.05, 4.69) is 20.4 Å². The summed E-state index contributed by atoms with van der Waals surface area (Å²) in [7, 11) is 3.06. The lowest BCUT2D eigenvalue weighted by Crippen LogP contribution is -2.15. The van der Waals surface area contributed by atoms with Crippen molar-refractivity contribution in [3.63, 3.8) is 0 Å². The molecule has 0 aliphatic rings. The molecular weight excluding hydrogens is 410 g/mol. The number of anilines is 1. The first-order valence-electron chi connectivity index (χ1n) is 8.76. The Morgan fingerprint density at radius 3 is 2.83 bits per heavy atom. The number of furan rings is 1. The number of ether oxygens (including phenoxy) is 2. The lowest BCUT2D eigenvalue weighted by atomic mass is 10.2. The first-order chi connectivity index (χ1) is 14.6. The zero-order chi connectivity index (χ0) is 21.1. The van der Waals surface area contributed by atoms with Crippen LogP contribution in [0.3, 0.4) is 0 Å². The van der Waals surface area contributed by atoms with Crippen LogP contribution < -0.4 is 20.3 Å². The van der Waals surface area contributed by atoms with Gasteiger partial charge in [0.25, 0.3) is 5.56 Å². The maximum Gasteiger partial charge on any atom is 0.266 e. The number of aromatic nitrogens is 4. The number of benzene rings is 1. The van der Waals surface area contributed by atoms with E-state index in [1.165, 1.54) is 31.1 Å². The average Bonchev–Trinajstić information content (AvgIpc) is 3.40. The summed E-state index contributed by atoms with van der Waals surface area (Å²) in [4.78, 5) is 33.0. The smallest absolute Gasteiger partial charge is 0.266 e. The van der Waals surface area contributed by atoms with Crippen molar-refractivity contribution in [1.29, 1.82) is 0 Å². The Hall–Kier alpha value is -3.73. The van der Waals surface area contributed by atoms with Gasteiger partial charge in [0, 0.05) is 12.1 Å². The molecule has 0 radical (unpaired) electrons. The Labute approximate surface area is 174 Å². The van der Waals surface area contributed by atoms with Gasteiger partial charge in [-0.3, -0.25) is 14.7 Å². The summed E-state index contributed by atoms with van der Waals surface area (Å²) >= 11 is 1.14. The number of rotatable bonds is 7. The number of nitrogens with zero attached hydrogens (tertiary/aromatic N) is 3. The quantitative estimate of drug-likeness (QED) is 0.431. The van der Waals surface area contributed by atoms with Crippen LogP contribution in [0.1, 0.15) is 0 Å². The van der Waals surface area contributed by atoms with Crippen molar-refractivity contribution >= 4 is 29.0 Å². The molecule has 1 aromatic carbocycles. The molecule has 3 heterocycles. The minimum absolute atomic E-state index is 0.0320. The van der Waals surface area contributed by atoms with Crippen LogP contribution in [0.25, 0.3) is 17.2 Å². The van der Waals surface area contributed by atoms with Gasteiger partial charge in [0.05, 0.1) is 31.9 Å². The molecule has 10 nitrogen and oxygen atoms in total. The van der Waals surface area contributed by atoms with E-state index >= 15 is 0 Å². The molecule has 0 spiro atoms. The summed E-state index contributed by atoms with van der Waals surface area (Å²) in [6, 6.07) is 9.89. The fourth-order valence-electron chi connectivity index (χ4n) is 2.72. The van der Waals surface area contributed by atoms with Gasteiger partial charge in [-0.1, -0.05) is 11.8 Å². The third-order valence-electron chi connectivity index (χ3n) is 4.08. The molecule has 0 aliphatic carbocycles. The molecule has 0 bridgehead atoms. The largest absolute Gasteiger partial charge is 0.497 e. The first-order valence-corrected chi connectivity index (χ1v) is 9.74. The van der Waals surface area contributed by atoms with E-state index in [9.17, 15) is 9.59 Å². The lowest BCUT2D eigenvalue weighted by Gasteiger charge is -2.12. The van der Waals surface area contributed by atoms with Gasteiger partial charge >= 0.3 is 0 Å². The van der Waals surface area contributed by atoms with E-state index in [0.29, 0.717) is 39.6 Å². The molecule has 4 aromatic rings.